The molecule has 1 rings (SSSR count). The quantitative estimate of drug-likeness (QED) is 0.790. The second kappa shape index (κ2) is 5.12. The Morgan fingerprint density at radius 1 is 1.24 bits per heavy atom. The molecule has 1 N–H and O–H groups in total. The van der Waals surface area contributed by atoms with Crippen molar-refractivity contribution in [1.82, 2.24) is 0 Å². The average Bonchev–Trinajstić information content (AvgIpc) is 2.18. The Bertz CT molecular complexity index is 430. The van der Waals surface area contributed by atoms with Crippen LogP contribution in [-0.2, 0) is 6.42 Å². The first-order chi connectivity index (χ1) is 7.83. The molecule has 0 atom stereocenters. The zero-order chi connectivity index (χ0) is 13.1. The summed E-state index contributed by atoms with van der Waals surface area (Å²) in [6.45, 7) is 1.59. The van der Waals surface area contributed by atoms with Crippen LogP contribution in [0.5, 0.6) is 0 Å². The summed E-state index contributed by atoms with van der Waals surface area (Å²) in [6, 6.07) is 5.94. The third kappa shape index (κ3) is 4.01. The van der Waals surface area contributed by atoms with Crippen molar-refractivity contribution in [3.63, 3.8) is 0 Å². The minimum Gasteiger partial charge on any atom is -0.303 e. The van der Waals surface area contributed by atoms with Gasteiger partial charge in [-0.3, -0.25) is 4.99 Å². The van der Waals surface area contributed by atoms with Crippen LogP contribution in [0.2, 0.25) is 0 Å². The van der Waals surface area contributed by atoms with Gasteiger partial charge >= 0.3 is 6.18 Å². The van der Waals surface area contributed by atoms with Crippen LogP contribution >= 0.6 is 0 Å². The van der Waals surface area contributed by atoms with Crippen molar-refractivity contribution in [2.45, 2.75) is 19.5 Å². The molecule has 0 fully saturated rings. The number of rotatable bonds is 3. The van der Waals surface area contributed by atoms with Gasteiger partial charge in [0.1, 0.15) is 0 Å². The fourth-order valence-corrected chi connectivity index (χ4v) is 1.53. The van der Waals surface area contributed by atoms with E-state index in [2.05, 4.69) is 4.99 Å². The summed E-state index contributed by atoms with van der Waals surface area (Å²) in [5.74, 6) is 0. The summed E-state index contributed by atoms with van der Waals surface area (Å²) in [7, 11) is 1.55. The molecule has 1 aromatic carbocycles. The maximum atomic E-state index is 12.1. The van der Waals surface area contributed by atoms with E-state index in [1.807, 2.05) is 0 Å². The first-order valence-electron chi connectivity index (χ1n) is 5.02. The van der Waals surface area contributed by atoms with Gasteiger partial charge in [0.05, 0.1) is 17.8 Å². The first kappa shape index (κ1) is 13.4. The van der Waals surface area contributed by atoms with E-state index in [0.717, 1.165) is 0 Å². The normalized spacial score (nSPS) is 12.6. The third-order valence-electron chi connectivity index (χ3n) is 2.21. The van der Waals surface area contributed by atoms with Crippen LogP contribution in [-0.4, -0.2) is 24.6 Å². The van der Waals surface area contributed by atoms with Crippen molar-refractivity contribution >= 4 is 11.4 Å². The maximum absolute atomic E-state index is 12.1. The van der Waals surface area contributed by atoms with Gasteiger partial charge in [0.25, 0.3) is 0 Å². The molecule has 0 unspecified atom stereocenters. The highest BCUT2D eigenvalue weighted by molar-refractivity contribution is 6.46. The Labute approximate surface area is 97.7 Å². The first-order valence-corrected chi connectivity index (χ1v) is 5.02. The van der Waals surface area contributed by atoms with E-state index in [1.165, 1.54) is 12.1 Å². The maximum Gasteiger partial charge on any atom is 0.393 e. The van der Waals surface area contributed by atoms with Crippen molar-refractivity contribution in [2.75, 3.05) is 7.05 Å². The summed E-state index contributed by atoms with van der Waals surface area (Å²) in [4.78, 5) is 3.93. The summed E-state index contributed by atoms with van der Waals surface area (Å²) in [6.07, 6.45) is -5.13. The average molecular weight is 242 g/mol. The molecule has 0 bridgehead atoms. The molecule has 0 amide bonds. The van der Waals surface area contributed by atoms with E-state index in [4.69, 9.17) is 5.41 Å². The predicted octanol–water partition coefficient (Wildman–Crippen LogP) is 3.25. The number of halogens is 3. The van der Waals surface area contributed by atoms with Crippen LogP contribution in [0.4, 0.5) is 13.2 Å². The minimum absolute atomic E-state index is 0.208. The highest BCUT2D eigenvalue weighted by atomic mass is 19.4. The Morgan fingerprint density at radius 2 is 1.76 bits per heavy atom. The van der Waals surface area contributed by atoms with Crippen LogP contribution in [0.3, 0.4) is 0 Å². The Kier molecular flexibility index (Phi) is 4.04. The van der Waals surface area contributed by atoms with Gasteiger partial charge in [0, 0.05) is 12.6 Å². The lowest BCUT2D eigenvalue weighted by Gasteiger charge is -2.08. The molecular formula is C12H13F3N2. The lowest BCUT2D eigenvalue weighted by molar-refractivity contribution is -0.127. The molecule has 92 valence electrons. The van der Waals surface area contributed by atoms with Crippen molar-refractivity contribution in [2.24, 2.45) is 4.99 Å². The van der Waals surface area contributed by atoms with Crippen LogP contribution in [0.25, 0.3) is 0 Å². The molecule has 5 heteroatoms. The van der Waals surface area contributed by atoms with Gasteiger partial charge in [-0.05, 0) is 12.5 Å². The molecular weight excluding hydrogens is 229 g/mol. The largest absolute Gasteiger partial charge is 0.393 e. The van der Waals surface area contributed by atoms with E-state index in [1.54, 1.807) is 26.1 Å². The van der Waals surface area contributed by atoms with E-state index in [9.17, 15) is 13.2 Å². The Morgan fingerprint density at radius 3 is 2.12 bits per heavy atom. The summed E-state index contributed by atoms with van der Waals surface area (Å²) < 4.78 is 36.4. The number of hydrogen-bond acceptors (Lipinski definition) is 2. The number of hydrogen-bond donors (Lipinski definition) is 1. The fraction of sp³-hybridized carbons (Fsp3) is 0.333. The SMILES string of the molecule is CN=C(C(C)=N)c1ccc(CC(F)(F)F)cc1. The number of aliphatic imine (C=N–C) groups is 1. The molecule has 1 aromatic rings. The molecule has 2 nitrogen and oxygen atoms in total. The van der Waals surface area contributed by atoms with Crippen molar-refractivity contribution < 1.29 is 13.2 Å². The molecule has 0 heterocycles. The second-order valence-electron chi connectivity index (χ2n) is 3.69. The lowest BCUT2D eigenvalue weighted by Crippen LogP contribution is -2.13. The minimum atomic E-state index is -4.19. The second-order valence-corrected chi connectivity index (χ2v) is 3.69. The van der Waals surface area contributed by atoms with Crippen LogP contribution < -0.4 is 0 Å². The Hall–Kier alpha value is -1.65. The van der Waals surface area contributed by atoms with Gasteiger partial charge in [0.2, 0.25) is 0 Å². The van der Waals surface area contributed by atoms with E-state index in [0.29, 0.717) is 11.3 Å². The number of benzene rings is 1. The molecule has 0 aromatic heterocycles. The molecule has 0 saturated heterocycles. The number of alkyl halides is 3. The monoisotopic (exact) mass is 242 g/mol. The van der Waals surface area contributed by atoms with Gasteiger partial charge in [-0.1, -0.05) is 24.3 Å². The van der Waals surface area contributed by atoms with E-state index in [-0.39, 0.29) is 11.3 Å². The zero-order valence-electron chi connectivity index (χ0n) is 9.60. The molecule has 0 aliphatic carbocycles. The van der Waals surface area contributed by atoms with Gasteiger partial charge in [-0.25, -0.2) is 0 Å². The standard InChI is InChI=1S/C12H13F3N2/c1-8(16)11(17-2)10-5-3-9(4-6-10)7-12(13,14)15/h3-6,16H,7H2,1-2H3. The van der Waals surface area contributed by atoms with Crippen molar-refractivity contribution in [1.29, 1.82) is 5.41 Å². The summed E-state index contributed by atoms with van der Waals surface area (Å²) in [5.41, 5.74) is 1.64. The molecule has 0 radical (unpaired) electrons. The fourth-order valence-electron chi connectivity index (χ4n) is 1.53. The number of nitrogens with zero attached hydrogens (tertiary/aromatic N) is 1. The third-order valence-corrected chi connectivity index (χ3v) is 2.21. The van der Waals surface area contributed by atoms with Gasteiger partial charge < -0.3 is 5.41 Å². The van der Waals surface area contributed by atoms with Crippen LogP contribution in [0.1, 0.15) is 18.1 Å². The van der Waals surface area contributed by atoms with Crippen molar-refractivity contribution in [3.05, 3.63) is 35.4 Å². The van der Waals surface area contributed by atoms with E-state index >= 15 is 0 Å². The Balaban J connectivity index is 2.92. The lowest BCUT2D eigenvalue weighted by atomic mass is 10.0. The van der Waals surface area contributed by atoms with Crippen molar-refractivity contribution in [3.8, 4) is 0 Å². The molecule has 0 spiro atoms. The van der Waals surface area contributed by atoms with E-state index < -0.39 is 12.6 Å². The molecule has 0 aliphatic rings. The summed E-state index contributed by atoms with van der Waals surface area (Å²) >= 11 is 0. The zero-order valence-corrected chi connectivity index (χ0v) is 9.60. The summed E-state index contributed by atoms with van der Waals surface area (Å²) in [5, 5.41) is 7.48. The predicted molar refractivity (Wildman–Crippen MR) is 62.1 cm³/mol. The van der Waals surface area contributed by atoms with Crippen LogP contribution in [0, 0.1) is 5.41 Å². The molecule has 0 aliphatic heterocycles. The molecule has 0 saturated carbocycles. The van der Waals surface area contributed by atoms with Gasteiger partial charge in [-0.15, -0.1) is 0 Å². The highest BCUT2D eigenvalue weighted by Crippen LogP contribution is 2.21. The smallest absolute Gasteiger partial charge is 0.303 e. The number of nitrogens with one attached hydrogen (secondary N) is 1. The highest BCUT2D eigenvalue weighted by Gasteiger charge is 2.27. The molecule has 17 heavy (non-hydrogen) atoms. The van der Waals surface area contributed by atoms with Gasteiger partial charge in [-0.2, -0.15) is 13.2 Å². The van der Waals surface area contributed by atoms with Gasteiger partial charge in [0.15, 0.2) is 0 Å². The van der Waals surface area contributed by atoms with Crippen LogP contribution in [0.15, 0.2) is 29.3 Å². The topological polar surface area (TPSA) is 36.2 Å².